The van der Waals surface area contributed by atoms with E-state index in [0.29, 0.717) is 6.04 Å². The highest BCUT2D eigenvalue weighted by Crippen LogP contribution is 2.34. The first kappa shape index (κ1) is 13.4. The summed E-state index contributed by atoms with van der Waals surface area (Å²) in [7, 11) is 0. The number of rotatable bonds is 4. The molecule has 1 aliphatic rings. The summed E-state index contributed by atoms with van der Waals surface area (Å²) >= 11 is 0. The first-order valence-electron chi connectivity index (χ1n) is 6.06. The van der Waals surface area contributed by atoms with Crippen LogP contribution in [0.2, 0.25) is 0 Å². The second-order valence-corrected chi connectivity index (χ2v) is 4.64. The smallest absolute Gasteiger partial charge is 0.387 e. The molecule has 1 atom stereocenters. The third-order valence-electron chi connectivity index (χ3n) is 3.33. The Morgan fingerprint density at radius 3 is 2.50 bits per heavy atom. The fourth-order valence-corrected chi connectivity index (χ4v) is 2.05. The van der Waals surface area contributed by atoms with Crippen LogP contribution in [-0.4, -0.2) is 17.7 Å². The minimum Gasteiger partial charge on any atom is -0.387 e. The van der Waals surface area contributed by atoms with E-state index >= 15 is 0 Å². The number of hydrogen-bond donors (Lipinski definition) is 2. The molecular formula is C13H16F3NO. The predicted molar refractivity (Wildman–Crippen MR) is 62.0 cm³/mol. The zero-order valence-corrected chi connectivity index (χ0v) is 9.87. The summed E-state index contributed by atoms with van der Waals surface area (Å²) in [5, 5.41) is 12.9. The molecule has 2 N–H and O–H groups in total. The van der Waals surface area contributed by atoms with Crippen molar-refractivity contribution in [1.82, 2.24) is 5.32 Å². The van der Waals surface area contributed by atoms with E-state index in [1.54, 1.807) is 0 Å². The highest BCUT2D eigenvalue weighted by Gasteiger charge is 2.34. The molecule has 0 aromatic heterocycles. The zero-order chi connectivity index (χ0) is 13.2. The van der Waals surface area contributed by atoms with Crippen molar-refractivity contribution in [3.63, 3.8) is 0 Å². The van der Waals surface area contributed by atoms with Crippen LogP contribution in [-0.2, 0) is 6.18 Å². The van der Waals surface area contributed by atoms with E-state index in [-0.39, 0.29) is 12.1 Å². The van der Waals surface area contributed by atoms with Crippen molar-refractivity contribution in [2.75, 3.05) is 6.54 Å². The van der Waals surface area contributed by atoms with Gasteiger partial charge in [0.25, 0.3) is 0 Å². The lowest BCUT2D eigenvalue weighted by atomic mass is 9.92. The quantitative estimate of drug-likeness (QED) is 0.871. The Balaban J connectivity index is 2.06. The molecule has 5 heteroatoms. The third-order valence-corrected chi connectivity index (χ3v) is 3.33. The van der Waals surface area contributed by atoms with Crippen LogP contribution in [0.3, 0.4) is 0 Å². The number of nitrogens with one attached hydrogen (secondary N) is 1. The molecule has 2 nitrogen and oxygen atoms in total. The maximum absolute atomic E-state index is 12.8. The molecule has 2 rings (SSSR count). The fourth-order valence-electron chi connectivity index (χ4n) is 2.05. The number of aliphatic hydroxyl groups is 1. The van der Waals surface area contributed by atoms with Crippen molar-refractivity contribution in [2.45, 2.75) is 37.6 Å². The SMILES string of the molecule is OC(CNC1CCC1)c1ccccc1C(F)(F)F. The van der Waals surface area contributed by atoms with Gasteiger partial charge in [0.2, 0.25) is 0 Å². The van der Waals surface area contributed by atoms with Crippen LogP contribution < -0.4 is 5.32 Å². The number of halogens is 3. The molecule has 1 aromatic carbocycles. The van der Waals surface area contributed by atoms with Gasteiger partial charge in [0.15, 0.2) is 0 Å². The molecule has 1 aliphatic carbocycles. The van der Waals surface area contributed by atoms with E-state index in [0.717, 1.165) is 25.3 Å². The van der Waals surface area contributed by atoms with Gasteiger partial charge in [-0.2, -0.15) is 13.2 Å². The Morgan fingerprint density at radius 1 is 1.28 bits per heavy atom. The average molecular weight is 259 g/mol. The first-order valence-corrected chi connectivity index (χ1v) is 6.06. The summed E-state index contributed by atoms with van der Waals surface area (Å²) in [5.41, 5.74) is -0.815. The van der Waals surface area contributed by atoms with Gasteiger partial charge in [-0.1, -0.05) is 24.6 Å². The Kier molecular flexibility index (Phi) is 3.92. The maximum atomic E-state index is 12.8. The number of hydrogen-bond acceptors (Lipinski definition) is 2. The molecule has 0 spiro atoms. The number of alkyl halides is 3. The molecule has 100 valence electrons. The van der Waals surface area contributed by atoms with Gasteiger partial charge in [0.05, 0.1) is 11.7 Å². The molecule has 1 fully saturated rings. The van der Waals surface area contributed by atoms with Crippen LogP contribution in [0.1, 0.15) is 36.5 Å². The predicted octanol–water partition coefficient (Wildman–Crippen LogP) is 2.88. The standard InChI is InChI=1S/C13H16F3NO/c14-13(15,16)11-7-2-1-6-10(11)12(18)8-17-9-4-3-5-9/h1-2,6-7,9,12,17-18H,3-5,8H2. The molecular weight excluding hydrogens is 243 g/mol. The lowest BCUT2D eigenvalue weighted by molar-refractivity contribution is -0.139. The fraction of sp³-hybridized carbons (Fsp3) is 0.538. The molecule has 0 bridgehead atoms. The lowest BCUT2D eigenvalue weighted by Crippen LogP contribution is -2.37. The van der Waals surface area contributed by atoms with E-state index in [1.807, 2.05) is 0 Å². The second kappa shape index (κ2) is 5.28. The van der Waals surface area contributed by atoms with Gasteiger partial charge in [-0.15, -0.1) is 0 Å². The van der Waals surface area contributed by atoms with Crippen LogP contribution in [0.5, 0.6) is 0 Å². The van der Waals surface area contributed by atoms with Gasteiger partial charge < -0.3 is 10.4 Å². The molecule has 1 aromatic rings. The summed E-state index contributed by atoms with van der Waals surface area (Å²) in [6.45, 7) is 0.164. The number of benzene rings is 1. The minimum absolute atomic E-state index is 0.0585. The van der Waals surface area contributed by atoms with Crippen molar-refractivity contribution in [3.8, 4) is 0 Å². The van der Waals surface area contributed by atoms with E-state index in [1.165, 1.54) is 18.2 Å². The second-order valence-electron chi connectivity index (χ2n) is 4.64. The minimum atomic E-state index is -4.42. The van der Waals surface area contributed by atoms with Gasteiger partial charge >= 0.3 is 6.18 Å². The summed E-state index contributed by atoms with van der Waals surface area (Å²) in [4.78, 5) is 0. The van der Waals surface area contributed by atoms with Crippen LogP contribution in [0.4, 0.5) is 13.2 Å². The molecule has 0 amide bonds. The largest absolute Gasteiger partial charge is 0.416 e. The monoisotopic (exact) mass is 259 g/mol. The molecule has 18 heavy (non-hydrogen) atoms. The van der Waals surface area contributed by atoms with Gasteiger partial charge in [-0.25, -0.2) is 0 Å². The molecule has 1 saturated carbocycles. The van der Waals surface area contributed by atoms with Gasteiger partial charge in [0.1, 0.15) is 0 Å². The van der Waals surface area contributed by atoms with Crippen molar-refractivity contribution < 1.29 is 18.3 Å². The Hall–Kier alpha value is -1.07. The van der Waals surface area contributed by atoms with Crippen LogP contribution in [0.15, 0.2) is 24.3 Å². The lowest BCUT2D eigenvalue weighted by Gasteiger charge is -2.28. The molecule has 0 radical (unpaired) electrons. The molecule has 1 unspecified atom stereocenters. The van der Waals surface area contributed by atoms with Crippen molar-refractivity contribution in [3.05, 3.63) is 35.4 Å². The topological polar surface area (TPSA) is 32.3 Å². The van der Waals surface area contributed by atoms with E-state index in [4.69, 9.17) is 0 Å². The van der Waals surface area contributed by atoms with Crippen LogP contribution >= 0.6 is 0 Å². The van der Waals surface area contributed by atoms with Crippen molar-refractivity contribution in [2.24, 2.45) is 0 Å². The molecule has 0 heterocycles. The highest BCUT2D eigenvalue weighted by atomic mass is 19.4. The Bertz CT molecular complexity index is 401. The average Bonchev–Trinajstić information content (AvgIpc) is 2.25. The molecule has 0 aliphatic heterocycles. The summed E-state index contributed by atoms with van der Waals surface area (Å²) in [5.74, 6) is 0. The van der Waals surface area contributed by atoms with Crippen LogP contribution in [0.25, 0.3) is 0 Å². The van der Waals surface area contributed by atoms with E-state index in [9.17, 15) is 18.3 Å². The summed E-state index contributed by atoms with van der Waals surface area (Å²) in [6, 6.07) is 5.52. The Labute approximate surface area is 104 Å². The normalized spacial score (nSPS) is 18.4. The molecule has 0 saturated heterocycles. The maximum Gasteiger partial charge on any atom is 0.416 e. The van der Waals surface area contributed by atoms with Crippen LogP contribution in [0, 0.1) is 0 Å². The van der Waals surface area contributed by atoms with Crippen molar-refractivity contribution in [1.29, 1.82) is 0 Å². The van der Waals surface area contributed by atoms with Gasteiger partial charge in [0, 0.05) is 12.6 Å². The van der Waals surface area contributed by atoms with E-state index in [2.05, 4.69) is 5.32 Å². The van der Waals surface area contributed by atoms with E-state index < -0.39 is 17.8 Å². The van der Waals surface area contributed by atoms with Gasteiger partial charge in [-0.05, 0) is 24.5 Å². The first-order chi connectivity index (χ1) is 8.48. The Morgan fingerprint density at radius 2 is 1.94 bits per heavy atom. The highest BCUT2D eigenvalue weighted by molar-refractivity contribution is 5.31. The van der Waals surface area contributed by atoms with Crippen molar-refractivity contribution >= 4 is 0 Å². The van der Waals surface area contributed by atoms with Gasteiger partial charge in [-0.3, -0.25) is 0 Å². The summed E-state index contributed by atoms with van der Waals surface area (Å²) in [6.07, 6.45) is -2.33. The summed E-state index contributed by atoms with van der Waals surface area (Å²) < 4.78 is 38.3. The number of aliphatic hydroxyl groups excluding tert-OH is 1. The zero-order valence-electron chi connectivity index (χ0n) is 9.87. The third kappa shape index (κ3) is 3.03.